The number of amides is 1. The van der Waals surface area contributed by atoms with Crippen molar-refractivity contribution in [1.82, 2.24) is 4.90 Å². The molecule has 0 aromatic heterocycles. The van der Waals surface area contributed by atoms with Crippen molar-refractivity contribution in [3.63, 3.8) is 0 Å². The summed E-state index contributed by atoms with van der Waals surface area (Å²) in [4.78, 5) is 26.4. The number of ether oxygens (including phenoxy) is 2. The SMILES string of the molecule is CCOC(=O)C(C#N)C1(c2ccc(F)cc2C)C=CN(C(=O)OC(C)(C)C)C=CC1. The van der Waals surface area contributed by atoms with E-state index in [0.717, 1.165) is 0 Å². The molecule has 160 valence electrons. The Kier molecular flexibility index (Phi) is 7.04. The van der Waals surface area contributed by atoms with Gasteiger partial charge < -0.3 is 9.47 Å². The summed E-state index contributed by atoms with van der Waals surface area (Å²) in [7, 11) is 0. The van der Waals surface area contributed by atoms with Crippen LogP contribution in [0.3, 0.4) is 0 Å². The number of allylic oxidation sites excluding steroid dienone is 2. The highest BCUT2D eigenvalue weighted by molar-refractivity contribution is 5.79. The standard InChI is InChI=1S/C23H27FN2O4/c1-6-29-20(27)19(15-25)23(18-9-8-17(24)14-16(18)2)10-7-12-26(13-11-23)21(28)30-22(3,4)5/h7-9,11-14,19H,6,10H2,1-5H3. The van der Waals surface area contributed by atoms with E-state index in [1.807, 2.05) is 0 Å². The topological polar surface area (TPSA) is 79.6 Å². The first kappa shape index (κ1) is 23.1. The average Bonchev–Trinajstić information content (AvgIpc) is 2.85. The predicted molar refractivity (Wildman–Crippen MR) is 110 cm³/mol. The maximum atomic E-state index is 13.7. The van der Waals surface area contributed by atoms with Gasteiger partial charge in [-0.25, -0.2) is 9.18 Å². The first-order chi connectivity index (χ1) is 14.0. The fraction of sp³-hybridized carbons (Fsp3) is 0.435. The summed E-state index contributed by atoms with van der Waals surface area (Å²) in [6.07, 6.45) is 5.96. The number of carbonyl (C=O) groups is 2. The third-order valence-corrected chi connectivity index (χ3v) is 4.71. The van der Waals surface area contributed by atoms with Gasteiger partial charge in [0.05, 0.1) is 12.7 Å². The van der Waals surface area contributed by atoms with Gasteiger partial charge in [0.25, 0.3) is 0 Å². The van der Waals surface area contributed by atoms with Crippen LogP contribution in [0.15, 0.2) is 42.8 Å². The molecule has 7 heteroatoms. The number of hydrogen-bond donors (Lipinski definition) is 0. The van der Waals surface area contributed by atoms with E-state index in [2.05, 4.69) is 6.07 Å². The molecule has 6 nitrogen and oxygen atoms in total. The van der Waals surface area contributed by atoms with Crippen molar-refractivity contribution in [2.45, 2.75) is 52.1 Å². The summed E-state index contributed by atoms with van der Waals surface area (Å²) in [5.74, 6) is -2.28. The lowest BCUT2D eigenvalue weighted by Gasteiger charge is -2.34. The van der Waals surface area contributed by atoms with Crippen LogP contribution in [-0.4, -0.2) is 29.2 Å². The summed E-state index contributed by atoms with van der Waals surface area (Å²) in [6, 6.07) is 6.27. The molecule has 0 aliphatic carbocycles. The van der Waals surface area contributed by atoms with Crippen LogP contribution < -0.4 is 0 Å². The van der Waals surface area contributed by atoms with Crippen LogP contribution >= 0.6 is 0 Å². The lowest BCUT2D eigenvalue weighted by atomic mass is 9.67. The Labute approximate surface area is 176 Å². The van der Waals surface area contributed by atoms with Crippen LogP contribution in [0.25, 0.3) is 0 Å². The molecule has 1 aromatic rings. The van der Waals surface area contributed by atoms with Crippen LogP contribution in [0.4, 0.5) is 9.18 Å². The monoisotopic (exact) mass is 414 g/mol. The highest BCUT2D eigenvalue weighted by atomic mass is 19.1. The zero-order valence-corrected chi connectivity index (χ0v) is 17.9. The third kappa shape index (κ3) is 5.07. The fourth-order valence-corrected chi connectivity index (χ4v) is 3.45. The van der Waals surface area contributed by atoms with Gasteiger partial charge in [0.1, 0.15) is 11.4 Å². The zero-order chi connectivity index (χ0) is 22.5. The minimum Gasteiger partial charge on any atom is -0.465 e. The van der Waals surface area contributed by atoms with Crippen LogP contribution in [0.5, 0.6) is 0 Å². The van der Waals surface area contributed by atoms with Gasteiger partial charge in [-0.2, -0.15) is 5.26 Å². The molecule has 2 rings (SSSR count). The lowest BCUT2D eigenvalue weighted by Crippen LogP contribution is -2.39. The number of aryl methyl sites for hydroxylation is 1. The van der Waals surface area contributed by atoms with E-state index < -0.39 is 34.8 Å². The van der Waals surface area contributed by atoms with E-state index in [4.69, 9.17) is 9.47 Å². The van der Waals surface area contributed by atoms with Gasteiger partial charge in [-0.05, 0) is 64.3 Å². The zero-order valence-electron chi connectivity index (χ0n) is 17.9. The molecule has 0 radical (unpaired) electrons. The molecule has 1 heterocycles. The van der Waals surface area contributed by atoms with Crippen molar-refractivity contribution in [3.05, 3.63) is 59.7 Å². The van der Waals surface area contributed by atoms with Gasteiger partial charge in [0.2, 0.25) is 0 Å². The molecule has 30 heavy (non-hydrogen) atoms. The average molecular weight is 414 g/mol. The van der Waals surface area contributed by atoms with E-state index in [9.17, 15) is 19.2 Å². The number of nitrogens with zero attached hydrogens (tertiary/aromatic N) is 2. The number of carbonyl (C=O) groups excluding carboxylic acids is 2. The number of benzene rings is 1. The van der Waals surface area contributed by atoms with Gasteiger partial charge in [0.15, 0.2) is 5.92 Å². The van der Waals surface area contributed by atoms with E-state index >= 15 is 0 Å². The quantitative estimate of drug-likeness (QED) is 0.665. The normalized spacial score (nSPS) is 19.6. The number of nitriles is 1. The second-order valence-corrected chi connectivity index (χ2v) is 8.11. The van der Waals surface area contributed by atoms with Gasteiger partial charge in [-0.1, -0.05) is 18.2 Å². The first-order valence-electron chi connectivity index (χ1n) is 9.74. The Morgan fingerprint density at radius 2 is 2.03 bits per heavy atom. The fourth-order valence-electron chi connectivity index (χ4n) is 3.45. The summed E-state index contributed by atoms with van der Waals surface area (Å²) < 4.78 is 24.3. The summed E-state index contributed by atoms with van der Waals surface area (Å²) in [5.41, 5.74) is -0.638. The van der Waals surface area contributed by atoms with Crippen molar-refractivity contribution in [1.29, 1.82) is 5.26 Å². The Bertz CT molecular complexity index is 911. The molecule has 1 aromatic carbocycles. The molecule has 0 spiro atoms. The van der Waals surface area contributed by atoms with Crippen molar-refractivity contribution < 1.29 is 23.5 Å². The minimum atomic E-state index is -1.19. The number of hydrogen-bond acceptors (Lipinski definition) is 5. The second-order valence-electron chi connectivity index (χ2n) is 8.11. The van der Waals surface area contributed by atoms with E-state index in [1.165, 1.54) is 29.4 Å². The first-order valence-corrected chi connectivity index (χ1v) is 9.74. The smallest absolute Gasteiger partial charge is 0.418 e. The van der Waals surface area contributed by atoms with E-state index in [0.29, 0.717) is 11.1 Å². The summed E-state index contributed by atoms with van der Waals surface area (Å²) in [5, 5.41) is 9.88. The highest BCUT2D eigenvalue weighted by Crippen LogP contribution is 2.42. The van der Waals surface area contributed by atoms with Gasteiger partial charge in [0, 0.05) is 17.8 Å². The van der Waals surface area contributed by atoms with Crippen molar-refractivity contribution in [2.24, 2.45) is 5.92 Å². The van der Waals surface area contributed by atoms with Gasteiger partial charge in [-0.15, -0.1) is 0 Å². The Hall–Kier alpha value is -3.14. The Balaban J connectivity index is 2.59. The molecule has 0 saturated carbocycles. The molecule has 1 amide bonds. The molecule has 2 unspecified atom stereocenters. The maximum absolute atomic E-state index is 13.7. The van der Waals surface area contributed by atoms with Crippen LogP contribution in [0.2, 0.25) is 0 Å². The lowest BCUT2D eigenvalue weighted by molar-refractivity contribution is -0.147. The van der Waals surface area contributed by atoms with Crippen molar-refractivity contribution in [2.75, 3.05) is 6.61 Å². The van der Waals surface area contributed by atoms with Gasteiger partial charge in [-0.3, -0.25) is 9.69 Å². The van der Waals surface area contributed by atoms with Gasteiger partial charge >= 0.3 is 12.1 Å². The van der Waals surface area contributed by atoms with E-state index in [-0.39, 0.29) is 13.0 Å². The van der Waals surface area contributed by atoms with E-state index in [1.54, 1.807) is 52.8 Å². The highest BCUT2D eigenvalue weighted by Gasteiger charge is 2.45. The largest absolute Gasteiger partial charge is 0.465 e. The summed E-state index contributed by atoms with van der Waals surface area (Å²) >= 11 is 0. The molecule has 0 N–H and O–H groups in total. The Morgan fingerprint density at radius 1 is 1.33 bits per heavy atom. The molecule has 1 aliphatic heterocycles. The molecule has 0 fully saturated rings. The van der Waals surface area contributed by atoms with Crippen LogP contribution in [-0.2, 0) is 19.7 Å². The Morgan fingerprint density at radius 3 is 2.60 bits per heavy atom. The minimum absolute atomic E-state index is 0.124. The molecular weight excluding hydrogens is 387 g/mol. The predicted octanol–water partition coefficient (Wildman–Crippen LogP) is 4.74. The van der Waals surface area contributed by atoms with Crippen LogP contribution in [0.1, 0.15) is 45.2 Å². The third-order valence-electron chi connectivity index (χ3n) is 4.71. The molecule has 2 atom stereocenters. The summed E-state index contributed by atoms with van der Waals surface area (Å²) in [6.45, 7) is 8.78. The molecule has 0 saturated heterocycles. The van der Waals surface area contributed by atoms with Crippen molar-refractivity contribution in [3.8, 4) is 6.07 Å². The molecule has 1 aliphatic rings. The van der Waals surface area contributed by atoms with Crippen LogP contribution in [0, 0.1) is 30.0 Å². The molecule has 0 bridgehead atoms. The molecular formula is C23H27FN2O4. The number of halogens is 1. The number of rotatable bonds is 4. The second kappa shape index (κ2) is 9.12. The maximum Gasteiger partial charge on any atom is 0.418 e. The van der Waals surface area contributed by atoms with Crippen molar-refractivity contribution >= 4 is 12.1 Å². The number of esters is 1.